The van der Waals surface area contributed by atoms with E-state index in [1.807, 2.05) is 6.26 Å². The lowest BCUT2D eigenvalue weighted by molar-refractivity contribution is -0.384. The lowest BCUT2D eigenvalue weighted by atomic mass is 10.2. The SMILES string of the molecule is CSc1ncccc1C(=O)Nc1ccc([N+](=O)[O-])cc1. The molecule has 20 heavy (non-hydrogen) atoms. The van der Waals surface area contributed by atoms with Crippen LogP contribution in [0.5, 0.6) is 0 Å². The molecule has 1 aromatic carbocycles. The summed E-state index contributed by atoms with van der Waals surface area (Å²) >= 11 is 1.38. The van der Waals surface area contributed by atoms with Crippen LogP contribution in [-0.2, 0) is 0 Å². The Morgan fingerprint density at radius 2 is 2.00 bits per heavy atom. The van der Waals surface area contributed by atoms with Gasteiger partial charge in [0.25, 0.3) is 11.6 Å². The van der Waals surface area contributed by atoms with Crippen molar-refractivity contribution in [3.8, 4) is 0 Å². The molecule has 2 aromatic rings. The minimum Gasteiger partial charge on any atom is -0.322 e. The summed E-state index contributed by atoms with van der Waals surface area (Å²) in [6.45, 7) is 0. The van der Waals surface area contributed by atoms with Crippen LogP contribution in [0.1, 0.15) is 10.4 Å². The summed E-state index contributed by atoms with van der Waals surface area (Å²) in [5.41, 5.74) is 0.948. The highest BCUT2D eigenvalue weighted by atomic mass is 32.2. The van der Waals surface area contributed by atoms with Gasteiger partial charge in [0.1, 0.15) is 5.03 Å². The Kier molecular flexibility index (Phi) is 4.31. The van der Waals surface area contributed by atoms with E-state index in [0.29, 0.717) is 16.3 Å². The number of nitrogens with one attached hydrogen (secondary N) is 1. The third-order valence-corrected chi connectivity index (χ3v) is 3.26. The molecule has 0 aliphatic heterocycles. The maximum atomic E-state index is 12.1. The summed E-state index contributed by atoms with van der Waals surface area (Å²) in [7, 11) is 0. The van der Waals surface area contributed by atoms with Gasteiger partial charge in [-0.25, -0.2) is 4.98 Å². The van der Waals surface area contributed by atoms with E-state index in [1.54, 1.807) is 18.3 Å². The number of rotatable bonds is 4. The zero-order valence-corrected chi connectivity index (χ0v) is 11.4. The molecule has 0 unspecified atom stereocenters. The van der Waals surface area contributed by atoms with Crippen LogP contribution >= 0.6 is 11.8 Å². The van der Waals surface area contributed by atoms with Crippen molar-refractivity contribution in [2.75, 3.05) is 11.6 Å². The second kappa shape index (κ2) is 6.16. The lowest BCUT2D eigenvalue weighted by Crippen LogP contribution is -2.13. The maximum Gasteiger partial charge on any atom is 0.269 e. The van der Waals surface area contributed by atoms with Crippen LogP contribution in [0.2, 0.25) is 0 Å². The Morgan fingerprint density at radius 3 is 2.60 bits per heavy atom. The van der Waals surface area contributed by atoms with Crippen LogP contribution in [0.4, 0.5) is 11.4 Å². The van der Waals surface area contributed by atoms with Crippen molar-refractivity contribution < 1.29 is 9.72 Å². The molecule has 0 bridgehead atoms. The second-order valence-electron chi connectivity index (χ2n) is 3.82. The molecule has 6 nitrogen and oxygen atoms in total. The highest BCUT2D eigenvalue weighted by Gasteiger charge is 2.12. The number of non-ortho nitro benzene ring substituents is 1. The van der Waals surface area contributed by atoms with Gasteiger partial charge in [0, 0.05) is 24.0 Å². The lowest BCUT2D eigenvalue weighted by Gasteiger charge is -2.07. The van der Waals surface area contributed by atoms with Crippen molar-refractivity contribution in [3.63, 3.8) is 0 Å². The number of aromatic nitrogens is 1. The molecule has 1 N–H and O–H groups in total. The minimum atomic E-state index is -0.488. The number of hydrogen-bond donors (Lipinski definition) is 1. The summed E-state index contributed by atoms with van der Waals surface area (Å²) in [6, 6.07) is 9.03. The molecule has 0 atom stereocenters. The zero-order chi connectivity index (χ0) is 14.5. The molecule has 0 aliphatic carbocycles. The molecule has 0 saturated carbocycles. The van der Waals surface area contributed by atoms with E-state index in [4.69, 9.17) is 0 Å². The third kappa shape index (κ3) is 3.12. The number of amides is 1. The van der Waals surface area contributed by atoms with Gasteiger partial charge >= 0.3 is 0 Å². The summed E-state index contributed by atoms with van der Waals surface area (Å²) in [5.74, 6) is -0.295. The van der Waals surface area contributed by atoms with Gasteiger partial charge in [-0.3, -0.25) is 14.9 Å². The molecule has 7 heteroatoms. The number of nitro groups is 1. The van der Waals surface area contributed by atoms with E-state index >= 15 is 0 Å². The van der Waals surface area contributed by atoms with E-state index in [-0.39, 0.29) is 11.6 Å². The van der Waals surface area contributed by atoms with Crippen molar-refractivity contribution >= 4 is 29.0 Å². The number of benzene rings is 1. The Hall–Kier alpha value is -2.41. The van der Waals surface area contributed by atoms with Crippen LogP contribution in [0, 0.1) is 10.1 Å². The molecule has 0 radical (unpaired) electrons. The molecule has 0 aliphatic rings. The molecule has 2 rings (SSSR count). The fraction of sp³-hybridized carbons (Fsp3) is 0.0769. The second-order valence-corrected chi connectivity index (χ2v) is 4.61. The summed E-state index contributed by atoms with van der Waals surface area (Å²) in [6.07, 6.45) is 3.46. The van der Waals surface area contributed by atoms with Gasteiger partial charge in [-0.15, -0.1) is 11.8 Å². The minimum absolute atomic E-state index is 0.0193. The predicted octanol–water partition coefficient (Wildman–Crippen LogP) is 2.96. The Labute approximate surface area is 119 Å². The number of pyridine rings is 1. The predicted molar refractivity (Wildman–Crippen MR) is 77.1 cm³/mol. The van der Waals surface area contributed by atoms with Crippen molar-refractivity contribution in [1.29, 1.82) is 0 Å². The Bertz CT molecular complexity index is 644. The highest BCUT2D eigenvalue weighted by molar-refractivity contribution is 7.98. The van der Waals surface area contributed by atoms with Gasteiger partial charge in [-0.05, 0) is 30.5 Å². The molecular formula is C13H11N3O3S. The largest absolute Gasteiger partial charge is 0.322 e. The fourth-order valence-electron chi connectivity index (χ4n) is 1.59. The first kappa shape index (κ1) is 14.0. The van der Waals surface area contributed by atoms with Gasteiger partial charge in [-0.1, -0.05) is 0 Å². The Morgan fingerprint density at radius 1 is 1.30 bits per heavy atom. The van der Waals surface area contributed by atoms with Crippen molar-refractivity contribution in [2.24, 2.45) is 0 Å². The number of carbonyl (C=O) groups is 1. The first-order chi connectivity index (χ1) is 9.61. The van der Waals surface area contributed by atoms with E-state index in [1.165, 1.54) is 36.0 Å². The van der Waals surface area contributed by atoms with Gasteiger partial charge < -0.3 is 5.32 Å². The molecule has 1 amide bonds. The topological polar surface area (TPSA) is 85.1 Å². The Balaban J connectivity index is 2.17. The van der Waals surface area contributed by atoms with Crippen LogP contribution in [0.3, 0.4) is 0 Å². The van der Waals surface area contributed by atoms with Crippen LogP contribution < -0.4 is 5.32 Å². The monoisotopic (exact) mass is 289 g/mol. The van der Waals surface area contributed by atoms with Crippen LogP contribution in [0.15, 0.2) is 47.6 Å². The number of nitro benzene ring substituents is 1. The molecule has 0 spiro atoms. The number of thioether (sulfide) groups is 1. The quantitative estimate of drug-likeness (QED) is 0.531. The number of nitrogens with zero attached hydrogens (tertiary/aromatic N) is 2. The summed E-state index contributed by atoms with van der Waals surface area (Å²) < 4.78 is 0. The standard InChI is InChI=1S/C13H11N3O3S/c1-20-13-11(3-2-8-14-13)12(17)15-9-4-6-10(7-5-9)16(18)19/h2-8H,1H3,(H,15,17). The average Bonchev–Trinajstić information content (AvgIpc) is 2.47. The molecular weight excluding hydrogens is 278 g/mol. The van der Waals surface area contributed by atoms with Gasteiger partial charge in [-0.2, -0.15) is 0 Å². The van der Waals surface area contributed by atoms with E-state index in [0.717, 1.165) is 0 Å². The summed E-state index contributed by atoms with van der Waals surface area (Å²) in [5, 5.41) is 13.9. The van der Waals surface area contributed by atoms with E-state index in [9.17, 15) is 14.9 Å². The third-order valence-electron chi connectivity index (χ3n) is 2.55. The van der Waals surface area contributed by atoms with E-state index in [2.05, 4.69) is 10.3 Å². The van der Waals surface area contributed by atoms with Crippen molar-refractivity contribution in [2.45, 2.75) is 5.03 Å². The highest BCUT2D eigenvalue weighted by Crippen LogP contribution is 2.20. The smallest absolute Gasteiger partial charge is 0.269 e. The maximum absolute atomic E-state index is 12.1. The average molecular weight is 289 g/mol. The van der Waals surface area contributed by atoms with Crippen molar-refractivity contribution in [3.05, 3.63) is 58.3 Å². The fourth-order valence-corrected chi connectivity index (χ4v) is 2.14. The molecule has 1 aromatic heterocycles. The van der Waals surface area contributed by atoms with Gasteiger partial charge in [0.2, 0.25) is 0 Å². The van der Waals surface area contributed by atoms with E-state index < -0.39 is 4.92 Å². The number of carbonyl (C=O) groups excluding carboxylic acids is 1. The number of hydrogen-bond acceptors (Lipinski definition) is 5. The molecule has 102 valence electrons. The first-order valence-corrected chi connectivity index (χ1v) is 6.89. The van der Waals surface area contributed by atoms with Gasteiger partial charge in [0.05, 0.1) is 10.5 Å². The molecule has 1 heterocycles. The number of anilines is 1. The molecule has 0 fully saturated rings. The van der Waals surface area contributed by atoms with Crippen molar-refractivity contribution in [1.82, 2.24) is 4.98 Å². The first-order valence-electron chi connectivity index (χ1n) is 5.66. The van der Waals surface area contributed by atoms with Crippen LogP contribution in [-0.4, -0.2) is 22.1 Å². The zero-order valence-electron chi connectivity index (χ0n) is 10.6. The van der Waals surface area contributed by atoms with Crippen LogP contribution in [0.25, 0.3) is 0 Å². The normalized spacial score (nSPS) is 10.1. The van der Waals surface area contributed by atoms with Gasteiger partial charge in [0.15, 0.2) is 0 Å². The molecule has 0 saturated heterocycles. The summed E-state index contributed by atoms with van der Waals surface area (Å²) in [4.78, 5) is 26.3.